The van der Waals surface area contributed by atoms with E-state index >= 15 is 0 Å². The zero-order chi connectivity index (χ0) is 12.9. The van der Waals surface area contributed by atoms with Crippen molar-refractivity contribution in [1.29, 1.82) is 0 Å². The van der Waals surface area contributed by atoms with Gasteiger partial charge in [-0.25, -0.2) is 0 Å². The SMILES string of the molecule is CCC1(CC)CCN(C(=O)CC(CN)OC)C1. The minimum Gasteiger partial charge on any atom is -0.380 e. The van der Waals surface area contributed by atoms with E-state index < -0.39 is 0 Å². The van der Waals surface area contributed by atoms with E-state index in [1.165, 1.54) is 0 Å². The van der Waals surface area contributed by atoms with Crippen LogP contribution < -0.4 is 5.73 Å². The molecule has 1 amide bonds. The first-order chi connectivity index (χ1) is 8.10. The van der Waals surface area contributed by atoms with E-state index in [0.717, 1.165) is 32.4 Å². The molecule has 0 aromatic heterocycles. The second-order valence-corrected chi connectivity index (χ2v) is 5.07. The Balaban J connectivity index is 2.50. The molecule has 1 heterocycles. The molecule has 0 aliphatic carbocycles. The molecule has 1 atom stereocenters. The van der Waals surface area contributed by atoms with Crippen molar-refractivity contribution in [3.05, 3.63) is 0 Å². The van der Waals surface area contributed by atoms with Gasteiger partial charge in [-0.15, -0.1) is 0 Å². The first-order valence-corrected chi connectivity index (χ1v) is 6.61. The molecule has 0 aromatic rings. The van der Waals surface area contributed by atoms with Crippen LogP contribution in [0.25, 0.3) is 0 Å². The largest absolute Gasteiger partial charge is 0.380 e. The van der Waals surface area contributed by atoms with E-state index in [9.17, 15) is 4.79 Å². The Kier molecular flexibility index (Phi) is 5.40. The van der Waals surface area contributed by atoms with Gasteiger partial charge in [0.25, 0.3) is 0 Å². The number of ether oxygens (including phenoxy) is 1. The van der Waals surface area contributed by atoms with Gasteiger partial charge in [-0.05, 0) is 24.7 Å². The first-order valence-electron chi connectivity index (χ1n) is 6.61. The van der Waals surface area contributed by atoms with Gasteiger partial charge in [0, 0.05) is 26.7 Å². The molecule has 0 saturated carbocycles. The van der Waals surface area contributed by atoms with Gasteiger partial charge in [-0.3, -0.25) is 4.79 Å². The number of likely N-dealkylation sites (tertiary alicyclic amines) is 1. The third-order valence-corrected chi connectivity index (χ3v) is 4.29. The summed E-state index contributed by atoms with van der Waals surface area (Å²) >= 11 is 0. The molecule has 4 nitrogen and oxygen atoms in total. The maximum Gasteiger partial charge on any atom is 0.225 e. The standard InChI is InChI=1S/C13H26N2O2/c1-4-13(5-2)6-7-15(10-13)12(16)8-11(9-14)17-3/h11H,4-10,14H2,1-3H3. The second-order valence-electron chi connectivity index (χ2n) is 5.07. The minimum absolute atomic E-state index is 0.138. The fourth-order valence-corrected chi connectivity index (χ4v) is 2.56. The topological polar surface area (TPSA) is 55.6 Å². The van der Waals surface area contributed by atoms with E-state index in [1.807, 2.05) is 4.90 Å². The lowest BCUT2D eigenvalue weighted by Gasteiger charge is -2.26. The molecule has 100 valence electrons. The third-order valence-electron chi connectivity index (χ3n) is 4.29. The molecule has 1 rings (SSSR count). The summed E-state index contributed by atoms with van der Waals surface area (Å²) in [5.74, 6) is 0.186. The highest BCUT2D eigenvalue weighted by Crippen LogP contribution is 2.37. The smallest absolute Gasteiger partial charge is 0.225 e. The van der Waals surface area contributed by atoms with Crippen molar-refractivity contribution < 1.29 is 9.53 Å². The maximum atomic E-state index is 12.1. The lowest BCUT2D eigenvalue weighted by molar-refractivity contribution is -0.133. The Morgan fingerprint density at radius 3 is 2.53 bits per heavy atom. The number of nitrogens with two attached hydrogens (primary N) is 1. The minimum atomic E-state index is -0.138. The Morgan fingerprint density at radius 2 is 2.12 bits per heavy atom. The quantitative estimate of drug-likeness (QED) is 0.765. The summed E-state index contributed by atoms with van der Waals surface area (Å²) in [6.45, 7) is 6.63. The summed E-state index contributed by atoms with van der Waals surface area (Å²) in [5.41, 5.74) is 5.89. The Bertz CT molecular complexity index is 248. The molecular weight excluding hydrogens is 216 g/mol. The van der Waals surface area contributed by atoms with Gasteiger partial charge in [0.05, 0.1) is 12.5 Å². The summed E-state index contributed by atoms with van der Waals surface area (Å²) in [6.07, 6.45) is 3.71. The molecule has 1 aliphatic heterocycles. The summed E-state index contributed by atoms with van der Waals surface area (Å²) in [4.78, 5) is 14.1. The molecule has 0 radical (unpaired) electrons. The Morgan fingerprint density at radius 1 is 1.47 bits per heavy atom. The van der Waals surface area contributed by atoms with Crippen LogP contribution in [0.15, 0.2) is 0 Å². The number of methoxy groups -OCH3 is 1. The van der Waals surface area contributed by atoms with Gasteiger partial charge in [-0.1, -0.05) is 13.8 Å². The maximum absolute atomic E-state index is 12.1. The van der Waals surface area contributed by atoms with Crippen molar-refractivity contribution in [2.45, 2.75) is 45.6 Å². The average Bonchev–Trinajstić information content (AvgIpc) is 2.81. The predicted molar refractivity (Wildman–Crippen MR) is 68.7 cm³/mol. The van der Waals surface area contributed by atoms with Crippen LogP contribution in [-0.2, 0) is 9.53 Å². The number of carbonyl (C=O) groups excluding carboxylic acids is 1. The zero-order valence-corrected chi connectivity index (χ0v) is 11.4. The van der Waals surface area contributed by atoms with Crippen LogP contribution >= 0.6 is 0 Å². The Hall–Kier alpha value is -0.610. The highest BCUT2D eigenvalue weighted by molar-refractivity contribution is 5.77. The van der Waals surface area contributed by atoms with Crippen LogP contribution in [0.4, 0.5) is 0 Å². The highest BCUT2D eigenvalue weighted by Gasteiger charge is 2.37. The fourth-order valence-electron chi connectivity index (χ4n) is 2.56. The molecule has 1 saturated heterocycles. The van der Waals surface area contributed by atoms with E-state index in [4.69, 9.17) is 10.5 Å². The molecule has 0 aromatic carbocycles. The zero-order valence-electron chi connectivity index (χ0n) is 11.4. The Labute approximate surface area is 104 Å². The van der Waals surface area contributed by atoms with Crippen LogP contribution in [0.3, 0.4) is 0 Å². The molecule has 0 bridgehead atoms. The van der Waals surface area contributed by atoms with E-state index in [-0.39, 0.29) is 12.0 Å². The van der Waals surface area contributed by atoms with Crippen LogP contribution in [0.5, 0.6) is 0 Å². The van der Waals surface area contributed by atoms with E-state index in [0.29, 0.717) is 18.4 Å². The molecule has 17 heavy (non-hydrogen) atoms. The monoisotopic (exact) mass is 242 g/mol. The molecule has 2 N–H and O–H groups in total. The number of nitrogens with zero attached hydrogens (tertiary/aromatic N) is 1. The molecule has 1 aliphatic rings. The van der Waals surface area contributed by atoms with Gasteiger partial charge in [0.2, 0.25) is 5.91 Å². The van der Waals surface area contributed by atoms with Crippen molar-refractivity contribution in [3.8, 4) is 0 Å². The van der Waals surface area contributed by atoms with Crippen molar-refractivity contribution in [1.82, 2.24) is 4.90 Å². The summed E-state index contributed by atoms with van der Waals surface area (Å²) in [7, 11) is 1.61. The van der Waals surface area contributed by atoms with Gasteiger partial charge in [-0.2, -0.15) is 0 Å². The molecule has 0 spiro atoms. The van der Waals surface area contributed by atoms with Crippen molar-refractivity contribution >= 4 is 5.91 Å². The fraction of sp³-hybridized carbons (Fsp3) is 0.923. The van der Waals surface area contributed by atoms with Crippen LogP contribution in [0.1, 0.15) is 39.5 Å². The van der Waals surface area contributed by atoms with Gasteiger partial charge in [0.1, 0.15) is 0 Å². The normalized spacial score (nSPS) is 20.6. The van der Waals surface area contributed by atoms with Crippen molar-refractivity contribution in [2.75, 3.05) is 26.7 Å². The second kappa shape index (κ2) is 6.36. The van der Waals surface area contributed by atoms with E-state index in [2.05, 4.69) is 13.8 Å². The molecule has 1 fully saturated rings. The molecule has 4 heteroatoms. The lowest BCUT2D eigenvalue weighted by atomic mass is 9.82. The van der Waals surface area contributed by atoms with Crippen LogP contribution in [0.2, 0.25) is 0 Å². The van der Waals surface area contributed by atoms with Gasteiger partial charge < -0.3 is 15.4 Å². The predicted octanol–water partition coefficient (Wildman–Crippen LogP) is 1.39. The highest BCUT2D eigenvalue weighted by atomic mass is 16.5. The van der Waals surface area contributed by atoms with Crippen molar-refractivity contribution in [2.24, 2.45) is 11.1 Å². The number of rotatable bonds is 6. The average molecular weight is 242 g/mol. The number of hydrogen-bond acceptors (Lipinski definition) is 3. The first kappa shape index (κ1) is 14.5. The number of hydrogen-bond donors (Lipinski definition) is 1. The van der Waals surface area contributed by atoms with E-state index in [1.54, 1.807) is 7.11 Å². The van der Waals surface area contributed by atoms with Gasteiger partial charge in [0.15, 0.2) is 0 Å². The number of amides is 1. The van der Waals surface area contributed by atoms with Crippen LogP contribution in [-0.4, -0.2) is 43.7 Å². The van der Waals surface area contributed by atoms with Crippen molar-refractivity contribution in [3.63, 3.8) is 0 Å². The van der Waals surface area contributed by atoms with Crippen LogP contribution in [0, 0.1) is 5.41 Å². The number of carbonyl (C=O) groups is 1. The third kappa shape index (κ3) is 3.42. The summed E-state index contributed by atoms with van der Waals surface area (Å²) in [6, 6.07) is 0. The summed E-state index contributed by atoms with van der Waals surface area (Å²) in [5, 5.41) is 0. The summed E-state index contributed by atoms with van der Waals surface area (Å²) < 4.78 is 5.16. The molecule has 1 unspecified atom stereocenters. The lowest BCUT2D eigenvalue weighted by Crippen LogP contribution is -2.36. The molecular formula is C13H26N2O2. The van der Waals surface area contributed by atoms with Gasteiger partial charge >= 0.3 is 0 Å².